The molecule has 2 atom stereocenters. The SMILES string of the molecule is CCCNC1CCCCC1N. The number of nitrogens with two attached hydrogens (primary N) is 1. The molecule has 0 aliphatic heterocycles. The first-order valence-corrected chi connectivity index (χ1v) is 4.83. The van der Waals surface area contributed by atoms with Crippen molar-refractivity contribution in [2.75, 3.05) is 6.54 Å². The first kappa shape index (κ1) is 9.01. The Hall–Kier alpha value is -0.0800. The quantitative estimate of drug-likeness (QED) is 0.645. The molecule has 0 spiro atoms. The fourth-order valence-corrected chi connectivity index (χ4v) is 1.74. The molecule has 0 saturated heterocycles. The van der Waals surface area contributed by atoms with E-state index in [1.165, 1.54) is 32.1 Å². The zero-order valence-corrected chi connectivity index (χ0v) is 7.47. The molecule has 1 aliphatic rings. The zero-order valence-electron chi connectivity index (χ0n) is 7.47. The van der Waals surface area contributed by atoms with Gasteiger partial charge in [0.1, 0.15) is 0 Å². The van der Waals surface area contributed by atoms with Crippen LogP contribution in [-0.4, -0.2) is 18.6 Å². The summed E-state index contributed by atoms with van der Waals surface area (Å²) in [5, 5.41) is 3.50. The van der Waals surface area contributed by atoms with Crippen molar-refractivity contribution in [3.8, 4) is 0 Å². The minimum absolute atomic E-state index is 0.412. The van der Waals surface area contributed by atoms with E-state index < -0.39 is 0 Å². The van der Waals surface area contributed by atoms with E-state index in [1.807, 2.05) is 0 Å². The molecule has 0 radical (unpaired) electrons. The highest BCUT2D eigenvalue weighted by Gasteiger charge is 2.20. The summed E-state index contributed by atoms with van der Waals surface area (Å²) in [6, 6.07) is 1.01. The summed E-state index contributed by atoms with van der Waals surface area (Å²) >= 11 is 0. The standard InChI is InChI=1S/C9H20N2/c1-2-7-11-9-6-4-3-5-8(9)10/h8-9,11H,2-7,10H2,1H3. The Bertz CT molecular complexity index is 104. The van der Waals surface area contributed by atoms with Crippen LogP contribution in [0, 0.1) is 0 Å². The molecule has 66 valence electrons. The third-order valence-corrected chi connectivity index (χ3v) is 2.48. The van der Waals surface area contributed by atoms with Crippen molar-refractivity contribution in [1.29, 1.82) is 0 Å². The largest absolute Gasteiger partial charge is 0.326 e. The molecule has 0 aromatic rings. The monoisotopic (exact) mass is 156 g/mol. The molecule has 1 aliphatic carbocycles. The van der Waals surface area contributed by atoms with Crippen molar-refractivity contribution >= 4 is 0 Å². The van der Waals surface area contributed by atoms with E-state index in [0.29, 0.717) is 12.1 Å². The van der Waals surface area contributed by atoms with E-state index in [0.717, 1.165) is 6.54 Å². The fourth-order valence-electron chi connectivity index (χ4n) is 1.74. The lowest BCUT2D eigenvalue weighted by Crippen LogP contribution is -2.47. The van der Waals surface area contributed by atoms with Crippen molar-refractivity contribution in [2.24, 2.45) is 5.73 Å². The van der Waals surface area contributed by atoms with Gasteiger partial charge >= 0.3 is 0 Å². The van der Waals surface area contributed by atoms with Crippen LogP contribution in [0.15, 0.2) is 0 Å². The maximum absolute atomic E-state index is 5.96. The summed E-state index contributed by atoms with van der Waals surface area (Å²) in [4.78, 5) is 0. The average Bonchev–Trinajstić information content (AvgIpc) is 2.03. The predicted molar refractivity (Wildman–Crippen MR) is 48.5 cm³/mol. The van der Waals surface area contributed by atoms with Gasteiger partial charge in [-0.25, -0.2) is 0 Å². The normalized spacial score (nSPS) is 32.2. The molecule has 1 fully saturated rings. The molecule has 2 unspecified atom stereocenters. The van der Waals surface area contributed by atoms with Crippen LogP contribution in [0.5, 0.6) is 0 Å². The maximum Gasteiger partial charge on any atom is 0.0219 e. The molecule has 2 nitrogen and oxygen atoms in total. The summed E-state index contributed by atoms with van der Waals surface area (Å²) in [5.74, 6) is 0. The Morgan fingerprint density at radius 1 is 1.36 bits per heavy atom. The maximum atomic E-state index is 5.96. The van der Waals surface area contributed by atoms with E-state index in [4.69, 9.17) is 5.73 Å². The van der Waals surface area contributed by atoms with Gasteiger partial charge in [-0.2, -0.15) is 0 Å². The van der Waals surface area contributed by atoms with Crippen molar-refractivity contribution < 1.29 is 0 Å². The van der Waals surface area contributed by atoms with Gasteiger partial charge in [0.25, 0.3) is 0 Å². The van der Waals surface area contributed by atoms with Crippen LogP contribution in [0.4, 0.5) is 0 Å². The van der Waals surface area contributed by atoms with E-state index in [9.17, 15) is 0 Å². The highest BCUT2D eigenvalue weighted by Crippen LogP contribution is 2.16. The van der Waals surface area contributed by atoms with E-state index >= 15 is 0 Å². The summed E-state index contributed by atoms with van der Waals surface area (Å²) in [7, 11) is 0. The van der Waals surface area contributed by atoms with Crippen LogP contribution in [-0.2, 0) is 0 Å². The van der Waals surface area contributed by atoms with Gasteiger partial charge in [0.05, 0.1) is 0 Å². The molecule has 2 heteroatoms. The van der Waals surface area contributed by atoms with Gasteiger partial charge in [0.15, 0.2) is 0 Å². The van der Waals surface area contributed by atoms with Gasteiger partial charge < -0.3 is 11.1 Å². The third kappa shape index (κ3) is 2.80. The van der Waals surface area contributed by atoms with Crippen LogP contribution in [0.3, 0.4) is 0 Å². The Kier molecular flexibility index (Phi) is 3.87. The molecule has 0 amide bonds. The molecule has 0 bridgehead atoms. The second-order valence-corrected chi connectivity index (χ2v) is 3.51. The molecule has 0 heterocycles. The van der Waals surface area contributed by atoms with E-state index in [-0.39, 0.29) is 0 Å². The van der Waals surface area contributed by atoms with Crippen LogP contribution in [0.1, 0.15) is 39.0 Å². The van der Waals surface area contributed by atoms with Crippen molar-refractivity contribution in [1.82, 2.24) is 5.32 Å². The molecule has 11 heavy (non-hydrogen) atoms. The number of nitrogens with one attached hydrogen (secondary N) is 1. The predicted octanol–water partition coefficient (Wildman–Crippen LogP) is 1.26. The van der Waals surface area contributed by atoms with Crippen molar-refractivity contribution in [3.05, 3.63) is 0 Å². The van der Waals surface area contributed by atoms with Gasteiger partial charge in [0.2, 0.25) is 0 Å². The second kappa shape index (κ2) is 4.73. The van der Waals surface area contributed by atoms with Crippen LogP contribution in [0.2, 0.25) is 0 Å². The van der Waals surface area contributed by atoms with Gasteiger partial charge in [-0.05, 0) is 25.8 Å². The number of rotatable bonds is 3. The molecule has 0 aromatic carbocycles. The minimum Gasteiger partial charge on any atom is -0.326 e. The van der Waals surface area contributed by atoms with Gasteiger partial charge in [-0.15, -0.1) is 0 Å². The highest BCUT2D eigenvalue weighted by atomic mass is 14.9. The summed E-state index contributed by atoms with van der Waals surface area (Å²) in [5.41, 5.74) is 5.96. The minimum atomic E-state index is 0.412. The summed E-state index contributed by atoms with van der Waals surface area (Å²) in [6.07, 6.45) is 6.38. The summed E-state index contributed by atoms with van der Waals surface area (Å²) < 4.78 is 0. The molecule has 1 saturated carbocycles. The van der Waals surface area contributed by atoms with Crippen LogP contribution < -0.4 is 11.1 Å². The van der Waals surface area contributed by atoms with Crippen LogP contribution >= 0.6 is 0 Å². The van der Waals surface area contributed by atoms with E-state index in [2.05, 4.69) is 12.2 Å². The van der Waals surface area contributed by atoms with Gasteiger partial charge in [-0.3, -0.25) is 0 Å². The smallest absolute Gasteiger partial charge is 0.0219 e. The van der Waals surface area contributed by atoms with Crippen molar-refractivity contribution in [3.63, 3.8) is 0 Å². The Morgan fingerprint density at radius 2 is 2.09 bits per heavy atom. The highest BCUT2D eigenvalue weighted by molar-refractivity contribution is 4.83. The summed E-state index contributed by atoms with van der Waals surface area (Å²) in [6.45, 7) is 3.32. The molecular weight excluding hydrogens is 136 g/mol. The topological polar surface area (TPSA) is 38.0 Å². The first-order chi connectivity index (χ1) is 5.34. The van der Waals surface area contributed by atoms with Gasteiger partial charge in [-0.1, -0.05) is 19.8 Å². The third-order valence-electron chi connectivity index (χ3n) is 2.48. The molecule has 3 N–H and O–H groups in total. The van der Waals surface area contributed by atoms with Crippen LogP contribution in [0.25, 0.3) is 0 Å². The lowest BCUT2D eigenvalue weighted by Gasteiger charge is -2.29. The Balaban J connectivity index is 2.18. The average molecular weight is 156 g/mol. The number of hydrogen-bond donors (Lipinski definition) is 2. The lowest BCUT2D eigenvalue weighted by molar-refractivity contribution is 0.328. The lowest BCUT2D eigenvalue weighted by atomic mass is 9.91. The number of hydrogen-bond acceptors (Lipinski definition) is 2. The Morgan fingerprint density at radius 3 is 2.73 bits per heavy atom. The first-order valence-electron chi connectivity index (χ1n) is 4.83. The second-order valence-electron chi connectivity index (χ2n) is 3.51. The molecule has 0 aromatic heterocycles. The molecule has 1 rings (SSSR count). The Labute approximate surface area is 69.5 Å². The zero-order chi connectivity index (χ0) is 8.10. The fraction of sp³-hybridized carbons (Fsp3) is 1.00. The van der Waals surface area contributed by atoms with Gasteiger partial charge in [0, 0.05) is 12.1 Å². The molecular formula is C9H20N2. The van der Waals surface area contributed by atoms with Crippen molar-refractivity contribution in [2.45, 2.75) is 51.1 Å². The van der Waals surface area contributed by atoms with E-state index in [1.54, 1.807) is 0 Å².